The molecule has 0 unspecified atom stereocenters. The van der Waals surface area contributed by atoms with Gasteiger partial charge < -0.3 is 4.42 Å². The topological polar surface area (TPSA) is 26.0 Å². The molecule has 0 saturated carbocycles. The number of furan rings is 1. The van der Waals surface area contributed by atoms with Gasteiger partial charge in [0.1, 0.15) is 16.3 Å². The van der Waals surface area contributed by atoms with Crippen LogP contribution in [0.15, 0.2) is 52.9 Å². The number of fused-ring (bicyclic) bond motifs is 5. The van der Waals surface area contributed by atoms with Crippen molar-refractivity contribution in [3.8, 4) is 0 Å². The largest absolute Gasteiger partial charge is 0.454 e. The molecule has 2 aromatic heterocycles. The molecule has 86 valence electrons. The van der Waals surface area contributed by atoms with Crippen LogP contribution in [0, 0.1) is 0 Å². The Morgan fingerprint density at radius 1 is 0.889 bits per heavy atom. The molecule has 0 aliphatic heterocycles. The Balaban J connectivity index is 2.31. The van der Waals surface area contributed by atoms with Gasteiger partial charge in [-0.2, -0.15) is 0 Å². The first-order valence-electron chi connectivity index (χ1n) is 5.69. The molecule has 0 saturated heterocycles. The zero-order valence-electron chi connectivity index (χ0n) is 9.35. The molecule has 0 amide bonds. The van der Waals surface area contributed by atoms with E-state index in [1.807, 2.05) is 30.3 Å². The van der Waals surface area contributed by atoms with E-state index in [1.54, 1.807) is 6.07 Å². The van der Waals surface area contributed by atoms with Gasteiger partial charge in [-0.15, -0.1) is 0 Å². The number of para-hydroxylation sites is 1. The van der Waals surface area contributed by atoms with Gasteiger partial charge in [0.2, 0.25) is 0 Å². The summed E-state index contributed by atoms with van der Waals surface area (Å²) in [6.07, 6.45) is 0. The number of pyridine rings is 1. The fourth-order valence-electron chi connectivity index (χ4n) is 2.34. The van der Waals surface area contributed by atoms with Crippen LogP contribution in [-0.4, -0.2) is 4.98 Å². The van der Waals surface area contributed by atoms with Crippen molar-refractivity contribution in [3.63, 3.8) is 0 Å². The summed E-state index contributed by atoms with van der Waals surface area (Å²) >= 11 is 5.96. The molecule has 0 N–H and O–H groups in total. The van der Waals surface area contributed by atoms with Gasteiger partial charge in [0, 0.05) is 16.2 Å². The van der Waals surface area contributed by atoms with E-state index in [2.05, 4.69) is 17.1 Å². The van der Waals surface area contributed by atoms with Gasteiger partial charge in [0.05, 0.1) is 0 Å². The van der Waals surface area contributed by atoms with Crippen LogP contribution in [0.1, 0.15) is 0 Å². The van der Waals surface area contributed by atoms with Crippen LogP contribution in [-0.2, 0) is 0 Å². The Kier molecular flexibility index (Phi) is 1.91. The summed E-state index contributed by atoms with van der Waals surface area (Å²) in [7, 11) is 0. The van der Waals surface area contributed by atoms with E-state index in [0.29, 0.717) is 5.15 Å². The fourth-order valence-corrected chi connectivity index (χ4v) is 2.49. The predicted molar refractivity (Wildman–Crippen MR) is 74.0 cm³/mol. The first-order valence-corrected chi connectivity index (χ1v) is 6.07. The molecular formula is C15H8ClNO. The second kappa shape index (κ2) is 3.47. The third kappa shape index (κ3) is 1.27. The lowest BCUT2D eigenvalue weighted by Crippen LogP contribution is -1.79. The van der Waals surface area contributed by atoms with Gasteiger partial charge in [-0.25, -0.2) is 4.98 Å². The molecule has 0 aliphatic rings. The maximum Gasteiger partial charge on any atom is 0.161 e. The van der Waals surface area contributed by atoms with Gasteiger partial charge in [-0.05, 0) is 24.3 Å². The smallest absolute Gasteiger partial charge is 0.161 e. The molecule has 0 bridgehead atoms. The number of nitrogens with zero attached hydrogens (tertiary/aromatic N) is 1. The quantitative estimate of drug-likeness (QED) is 0.421. The number of hydrogen-bond acceptors (Lipinski definition) is 2. The molecule has 0 aliphatic carbocycles. The highest BCUT2D eigenvalue weighted by atomic mass is 35.5. The van der Waals surface area contributed by atoms with Crippen LogP contribution in [0.5, 0.6) is 0 Å². The molecule has 4 rings (SSSR count). The van der Waals surface area contributed by atoms with Crippen LogP contribution in [0.2, 0.25) is 5.15 Å². The Bertz CT molecular complexity index is 895. The van der Waals surface area contributed by atoms with E-state index in [9.17, 15) is 0 Å². The van der Waals surface area contributed by atoms with E-state index in [1.165, 1.54) is 0 Å². The Labute approximate surface area is 108 Å². The highest BCUT2D eigenvalue weighted by Crippen LogP contribution is 2.33. The van der Waals surface area contributed by atoms with Crippen molar-refractivity contribution < 1.29 is 4.42 Å². The molecule has 18 heavy (non-hydrogen) atoms. The van der Waals surface area contributed by atoms with Crippen LogP contribution < -0.4 is 0 Å². The van der Waals surface area contributed by atoms with Crippen LogP contribution >= 0.6 is 11.6 Å². The Hall–Kier alpha value is -2.06. The van der Waals surface area contributed by atoms with Gasteiger partial charge >= 0.3 is 0 Å². The van der Waals surface area contributed by atoms with E-state index in [4.69, 9.17) is 16.0 Å². The van der Waals surface area contributed by atoms with Crippen LogP contribution in [0.3, 0.4) is 0 Å². The SMILES string of the molecule is Clc1ccc2ccc3c4ccccc4oc3c2n1. The number of halogens is 1. The average Bonchev–Trinajstić information content (AvgIpc) is 2.78. The lowest BCUT2D eigenvalue weighted by atomic mass is 10.1. The standard InChI is InChI=1S/C15H8ClNO/c16-13-8-6-9-5-7-11-10-3-1-2-4-12(10)18-15(11)14(9)17-13/h1-8H. The molecule has 2 nitrogen and oxygen atoms in total. The average molecular weight is 254 g/mol. The summed E-state index contributed by atoms with van der Waals surface area (Å²) in [6.45, 7) is 0. The summed E-state index contributed by atoms with van der Waals surface area (Å²) in [5.41, 5.74) is 2.49. The molecule has 2 aromatic carbocycles. The number of hydrogen-bond donors (Lipinski definition) is 0. The summed E-state index contributed by atoms with van der Waals surface area (Å²) in [4.78, 5) is 4.37. The lowest BCUT2D eigenvalue weighted by Gasteiger charge is -1.98. The lowest BCUT2D eigenvalue weighted by molar-refractivity contribution is 0.671. The fraction of sp³-hybridized carbons (Fsp3) is 0. The summed E-state index contributed by atoms with van der Waals surface area (Å²) in [6, 6.07) is 15.8. The highest BCUT2D eigenvalue weighted by Gasteiger charge is 2.10. The minimum absolute atomic E-state index is 0.482. The zero-order chi connectivity index (χ0) is 12.1. The van der Waals surface area contributed by atoms with E-state index >= 15 is 0 Å². The van der Waals surface area contributed by atoms with E-state index in [0.717, 1.165) is 32.8 Å². The second-order valence-corrected chi connectivity index (χ2v) is 4.63. The summed E-state index contributed by atoms with van der Waals surface area (Å²) < 4.78 is 5.90. The van der Waals surface area contributed by atoms with Crippen molar-refractivity contribution >= 4 is 44.4 Å². The predicted octanol–water partition coefficient (Wildman–Crippen LogP) is 4.79. The number of rotatable bonds is 0. The first-order chi connectivity index (χ1) is 8.83. The van der Waals surface area contributed by atoms with Gasteiger partial charge in [-0.3, -0.25) is 0 Å². The summed E-state index contributed by atoms with van der Waals surface area (Å²) in [5, 5.41) is 3.70. The molecule has 0 radical (unpaired) electrons. The molecule has 0 atom stereocenters. The van der Waals surface area contributed by atoms with Crippen molar-refractivity contribution in [2.75, 3.05) is 0 Å². The maximum atomic E-state index is 5.96. The van der Waals surface area contributed by atoms with Crippen molar-refractivity contribution in [2.45, 2.75) is 0 Å². The van der Waals surface area contributed by atoms with Gasteiger partial charge in [0.15, 0.2) is 5.58 Å². The zero-order valence-corrected chi connectivity index (χ0v) is 10.1. The minimum Gasteiger partial charge on any atom is -0.454 e. The Morgan fingerprint density at radius 3 is 2.67 bits per heavy atom. The molecular weight excluding hydrogens is 246 g/mol. The third-order valence-corrected chi connectivity index (χ3v) is 3.38. The Morgan fingerprint density at radius 2 is 1.72 bits per heavy atom. The normalized spacial score (nSPS) is 11.6. The van der Waals surface area contributed by atoms with Gasteiger partial charge in [-0.1, -0.05) is 35.9 Å². The monoisotopic (exact) mass is 253 g/mol. The molecule has 4 aromatic rings. The second-order valence-electron chi connectivity index (χ2n) is 4.25. The minimum atomic E-state index is 0.482. The highest BCUT2D eigenvalue weighted by molar-refractivity contribution is 6.30. The third-order valence-electron chi connectivity index (χ3n) is 3.17. The van der Waals surface area contributed by atoms with Crippen molar-refractivity contribution in [1.29, 1.82) is 0 Å². The van der Waals surface area contributed by atoms with Crippen molar-refractivity contribution in [2.24, 2.45) is 0 Å². The van der Waals surface area contributed by atoms with Crippen LogP contribution in [0.25, 0.3) is 32.8 Å². The molecule has 0 fully saturated rings. The van der Waals surface area contributed by atoms with E-state index < -0.39 is 0 Å². The molecule has 2 heterocycles. The van der Waals surface area contributed by atoms with Crippen molar-refractivity contribution in [3.05, 3.63) is 53.7 Å². The van der Waals surface area contributed by atoms with E-state index in [-0.39, 0.29) is 0 Å². The van der Waals surface area contributed by atoms with Crippen molar-refractivity contribution in [1.82, 2.24) is 4.98 Å². The first kappa shape index (κ1) is 9.92. The van der Waals surface area contributed by atoms with Crippen LogP contribution in [0.4, 0.5) is 0 Å². The number of benzene rings is 2. The molecule has 3 heteroatoms. The van der Waals surface area contributed by atoms with Gasteiger partial charge in [0.25, 0.3) is 0 Å². The number of aromatic nitrogens is 1. The maximum absolute atomic E-state index is 5.96. The summed E-state index contributed by atoms with van der Waals surface area (Å²) in [5.74, 6) is 0. The molecule has 0 spiro atoms.